The van der Waals surface area contributed by atoms with E-state index in [1.165, 1.54) is 0 Å². The minimum Gasteiger partial charge on any atom is -0.459 e. The van der Waals surface area contributed by atoms with Crippen LogP contribution in [0.3, 0.4) is 0 Å². The molecule has 7 heteroatoms. The Morgan fingerprint density at radius 1 is 1.48 bits per heavy atom. The maximum absolute atomic E-state index is 13.3. The van der Waals surface area contributed by atoms with Crippen LogP contribution >= 0.6 is 11.3 Å². The maximum atomic E-state index is 13.3. The number of nitrogens with one attached hydrogen (secondary N) is 1. The van der Waals surface area contributed by atoms with Crippen molar-refractivity contribution in [1.29, 1.82) is 0 Å². The number of ether oxygens (including phenoxy) is 1. The Bertz CT molecular complexity index is 779. The minimum atomic E-state index is -0.769. The Labute approximate surface area is 164 Å². The fourth-order valence-electron chi connectivity index (χ4n) is 3.83. The number of aromatic nitrogens is 2. The summed E-state index contributed by atoms with van der Waals surface area (Å²) in [6, 6.07) is 4.06. The summed E-state index contributed by atoms with van der Waals surface area (Å²) < 4.78 is 11.0. The van der Waals surface area contributed by atoms with Crippen molar-refractivity contribution in [1.82, 2.24) is 15.5 Å². The van der Waals surface area contributed by atoms with Gasteiger partial charge in [-0.1, -0.05) is 25.1 Å². The van der Waals surface area contributed by atoms with Gasteiger partial charge in [-0.3, -0.25) is 10.1 Å². The average Bonchev–Trinajstić information content (AvgIpc) is 3.23. The number of thiophene rings is 1. The highest BCUT2D eigenvalue weighted by Gasteiger charge is 2.54. The molecule has 1 aliphatic rings. The van der Waals surface area contributed by atoms with Crippen LogP contribution in [0.1, 0.15) is 76.0 Å². The number of esters is 1. The van der Waals surface area contributed by atoms with Gasteiger partial charge in [0, 0.05) is 17.7 Å². The Balaban J connectivity index is 2.00. The quantitative estimate of drug-likeness (QED) is 0.762. The highest BCUT2D eigenvalue weighted by atomic mass is 32.1. The van der Waals surface area contributed by atoms with Crippen LogP contribution in [0, 0.1) is 12.8 Å². The molecule has 1 N–H and O–H groups in total. The molecule has 27 heavy (non-hydrogen) atoms. The van der Waals surface area contributed by atoms with E-state index in [1.54, 1.807) is 18.3 Å². The summed E-state index contributed by atoms with van der Waals surface area (Å²) >= 11 is 1.67. The smallest absolute Gasteiger partial charge is 0.326 e. The van der Waals surface area contributed by atoms with Crippen molar-refractivity contribution < 1.29 is 14.1 Å². The lowest BCUT2D eigenvalue weighted by Crippen LogP contribution is -2.51. The van der Waals surface area contributed by atoms with E-state index < -0.39 is 11.1 Å². The number of carbonyl (C=O) groups excluding carboxylic acids is 1. The second-order valence-electron chi connectivity index (χ2n) is 8.80. The Kier molecular flexibility index (Phi) is 5.45. The lowest BCUT2D eigenvalue weighted by atomic mass is 9.84. The zero-order chi connectivity index (χ0) is 19.8. The molecule has 1 fully saturated rings. The van der Waals surface area contributed by atoms with Crippen molar-refractivity contribution >= 4 is 17.3 Å². The van der Waals surface area contributed by atoms with Gasteiger partial charge in [-0.2, -0.15) is 4.98 Å². The molecule has 0 radical (unpaired) electrons. The van der Waals surface area contributed by atoms with Crippen LogP contribution in [-0.4, -0.2) is 27.2 Å². The minimum absolute atomic E-state index is 0.0479. The molecule has 3 rings (SSSR count). The predicted octanol–water partition coefficient (Wildman–Crippen LogP) is 4.38. The first kappa shape index (κ1) is 20.0. The number of hydrogen-bond donors (Lipinski definition) is 1. The zero-order valence-electron chi connectivity index (χ0n) is 16.9. The van der Waals surface area contributed by atoms with Gasteiger partial charge in [-0.25, -0.2) is 0 Å². The number of rotatable bonds is 5. The summed E-state index contributed by atoms with van der Waals surface area (Å²) in [5, 5.41) is 9.84. The fourth-order valence-corrected chi connectivity index (χ4v) is 4.68. The van der Waals surface area contributed by atoms with Gasteiger partial charge in [0.15, 0.2) is 5.82 Å². The standard InChI is InChI=1S/C20H29N3O3S/c1-12(2)10-20(18(24)25-19(4,5)6)11-14(17-21-13(3)26-23-17)16(22-20)15-8-7-9-27-15/h7-9,12,14,16,22H,10-11H2,1-6H3/t14-,16+,20-/m0/s1. The van der Waals surface area contributed by atoms with Crippen LogP contribution in [0.25, 0.3) is 0 Å². The maximum Gasteiger partial charge on any atom is 0.326 e. The van der Waals surface area contributed by atoms with Gasteiger partial charge in [-0.05, 0) is 51.0 Å². The Hall–Kier alpha value is -1.73. The summed E-state index contributed by atoms with van der Waals surface area (Å²) in [6.07, 6.45) is 1.28. The lowest BCUT2D eigenvalue weighted by molar-refractivity contribution is -0.163. The van der Waals surface area contributed by atoms with E-state index in [2.05, 4.69) is 35.4 Å². The van der Waals surface area contributed by atoms with Crippen LogP contribution < -0.4 is 5.32 Å². The molecule has 148 valence electrons. The summed E-state index contributed by atoms with van der Waals surface area (Å²) in [5.41, 5.74) is -1.31. The molecule has 1 aliphatic heterocycles. The first-order chi connectivity index (χ1) is 12.6. The summed E-state index contributed by atoms with van der Waals surface area (Å²) in [4.78, 5) is 18.9. The lowest BCUT2D eigenvalue weighted by Gasteiger charge is -2.33. The number of carbonyl (C=O) groups is 1. The van der Waals surface area contributed by atoms with Crippen molar-refractivity contribution in [2.45, 2.75) is 77.5 Å². The van der Waals surface area contributed by atoms with Crippen molar-refractivity contribution in [3.05, 3.63) is 34.1 Å². The average molecular weight is 392 g/mol. The monoisotopic (exact) mass is 391 g/mol. The molecule has 0 amide bonds. The van der Waals surface area contributed by atoms with Gasteiger partial charge < -0.3 is 9.26 Å². The van der Waals surface area contributed by atoms with E-state index in [4.69, 9.17) is 9.26 Å². The van der Waals surface area contributed by atoms with E-state index in [0.29, 0.717) is 30.5 Å². The topological polar surface area (TPSA) is 77.2 Å². The van der Waals surface area contributed by atoms with Crippen LogP contribution in [-0.2, 0) is 9.53 Å². The number of aryl methyl sites for hydroxylation is 1. The van der Waals surface area contributed by atoms with Crippen LogP contribution in [0.2, 0.25) is 0 Å². The second-order valence-corrected chi connectivity index (χ2v) is 9.78. The second kappa shape index (κ2) is 7.36. The highest BCUT2D eigenvalue weighted by Crippen LogP contribution is 2.47. The molecule has 0 aliphatic carbocycles. The molecular formula is C20H29N3O3S. The van der Waals surface area contributed by atoms with Gasteiger partial charge in [0.2, 0.25) is 5.89 Å². The van der Waals surface area contributed by atoms with Crippen molar-refractivity contribution in [3.8, 4) is 0 Å². The van der Waals surface area contributed by atoms with Crippen molar-refractivity contribution in [2.24, 2.45) is 5.92 Å². The molecule has 0 bridgehead atoms. The Morgan fingerprint density at radius 2 is 2.22 bits per heavy atom. The number of hydrogen-bond acceptors (Lipinski definition) is 7. The molecule has 1 saturated heterocycles. The molecule has 2 aromatic rings. The molecule has 0 spiro atoms. The predicted molar refractivity (Wildman–Crippen MR) is 105 cm³/mol. The van der Waals surface area contributed by atoms with Gasteiger partial charge in [0.05, 0.1) is 6.04 Å². The zero-order valence-corrected chi connectivity index (χ0v) is 17.7. The number of nitrogens with zero attached hydrogens (tertiary/aromatic N) is 2. The highest BCUT2D eigenvalue weighted by molar-refractivity contribution is 7.10. The first-order valence-corrected chi connectivity index (χ1v) is 10.3. The molecule has 0 aromatic carbocycles. The van der Waals surface area contributed by atoms with E-state index in [-0.39, 0.29) is 17.9 Å². The third kappa shape index (κ3) is 4.41. The molecule has 0 saturated carbocycles. The fraction of sp³-hybridized carbons (Fsp3) is 0.650. The first-order valence-electron chi connectivity index (χ1n) is 9.44. The van der Waals surface area contributed by atoms with Gasteiger partial charge in [0.25, 0.3) is 0 Å². The molecule has 3 heterocycles. The third-order valence-electron chi connectivity index (χ3n) is 4.67. The normalized spacial score (nSPS) is 25.9. The molecule has 2 aromatic heterocycles. The van der Waals surface area contributed by atoms with Crippen molar-refractivity contribution in [3.63, 3.8) is 0 Å². The summed E-state index contributed by atoms with van der Waals surface area (Å²) in [7, 11) is 0. The van der Waals surface area contributed by atoms with Gasteiger partial charge >= 0.3 is 5.97 Å². The summed E-state index contributed by atoms with van der Waals surface area (Å²) in [5.74, 6) is 1.27. The van der Waals surface area contributed by atoms with Crippen LogP contribution in [0.5, 0.6) is 0 Å². The van der Waals surface area contributed by atoms with Crippen LogP contribution in [0.15, 0.2) is 22.0 Å². The van der Waals surface area contributed by atoms with Crippen LogP contribution in [0.4, 0.5) is 0 Å². The summed E-state index contributed by atoms with van der Waals surface area (Å²) in [6.45, 7) is 11.7. The molecule has 0 unspecified atom stereocenters. The van der Waals surface area contributed by atoms with E-state index in [9.17, 15) is 4.79 Å². The van der Waals surface area contributed by atoms with E-state index in [1.807, 2.05) is 32.2 Å². The van der Waals surface area contributed by atoms with E-state index >= 15 is 0 Å². The molecule has 6 nitrogen and oxygen atoms in total. The third-order valence-corrected chi connectivity index (χ3v) is 5.63. The van der Waals surface area contributed by atoms with Crippen molar-refractivity contribution in [2.75, 3.05) is 0 Å². The molecule has 3 atom stereocenters. The molecular weight excluding hydrogens is 362 g/mol. The largest absolute Gasteiger partial charge is 0.459 e. The van der Waals surface area contributed by atoms with Gasteiger partial charge in [-0.15, -0.1) is 11.3 Å². The Morgan fingerprint density at radius 3 is 2.74 bits per heavy atom. The van der Waals surface area contributed by atoms with Gasteiger partial charge in [0.1, 0.15) is 11.1 Å². The SMILES string of the molecule is Cc1nc([C@H]2C[C@@](CC(C)C)(C(=O)OC(C)(C)C)N[C@H]2c2cccs2)no1. The van der Waals surface area contributed by atoms with E-state index in [0.717, 1.165) is 4.88 Å².